The molecular formula is C15H27Al. The molecule has 0 amide bonds. The molecule has 0 saturated carbocycles. The van der Waals surface area contributed by atoms with Gasteiger partial charge in [-0.2, -0.15) is 0 Å². The predicted octanol–water partition coefficient (Wildman–Crippen LogP) is 5.17. The number of allylic oxidation sites excluding steroid dienone is 3. The molecule has 0 atom stereocenters. The van der Waals surface area contributed by atoms with E-state index in [2.05, 4.69) is 53.8 Å². The largest absolute Gasteiger partial charge is 0.358 e. The average molecular weight is 234 g/mol. The first-order chi connectivity index (χ1) is 7.85. The summed E-state index contributed by atoms with van der Waals surface area (Å²) in [5.74, 6) is 0. The van der Waals surface area contributed by atoms with Gasteiger partial charge in [-0.25, -0.2) is 0 Å². The highest BCUT2D eigenvalue weighted by molar-refractivity contribution is 6.74. The van der Waals surface area contributed by atoms with Gasteiger partial charge in [0.05, 0.1) is 0 Å². The van der Waals surface area contributed by atoms with Gasteiger partial charge in [-0.1, -0.05) is 40.0 Å². The van der Waals surface area contributed by atoms with Crippen LogP contribution in [0.1, 0.15) is 59.3 Å². The van der Waals surface area contributed by atoms with Gasteiger partial charge < -0.3 is 0 Å². The highest BCUT2D eigenvalue weighted by Gasteiger charge is 2.02. The first-order valence-corrected chi connectivity index (χ1v) is 8.85. The second-order valence-electron chi connectivity index (χ2n) is 4.23. The minimum Gasteiger partial charge on any atom is -0.140 e. The molecule has 0 heterocycles. The lowest BCUT2D eigenvalue weighted by Crippen LogP contribution is -2.01. The Morgan fingerprint density at radius 2 is 0.938 bits per heavy atom. The van der Waals surface area contributed by atoms with Crippen LogP contribution < -0.4 is 0 Å². The van der Waals surface area contributed by atoms with Crippen molar-refractivity contribution in [2.75, 3.05) is 0 Å². The minimum atomic E-state index is -0.870. The van der Waals surface area contributed by atoms with Crippen molar-refractivity contribution in [2.24, 2.45) is 0 Å². The van der Waals surface area contributed by atoms with E-state index in [1.165, 1.54) is 38.5 Å². The highest BCUT2D eigenvalue weighted by atomic mass is 27.2. The maximum atomic E-state index is 2.46. The van der Waals surface area contributed by atoms with E-state index < -0.39 is 14.1 Å². The Kier molecular flexibility index (Phi) is 12.6. The van der Waals surface area contributed by atoms with Crippen LogP contribution in [0.25, 0.3) is 0 Å². The molecule has 0 fully saturated rings. The molecule has 0 nitrogen and oxygen atoms in total. The zero-order valence-electron chi connectivity index (χ0n) is 11.3. The summed E-state index contributed by atoms with van der Waals surface area (Å²) in [5, 5.41) is 0. The number of unbranched alkanes of at least 4 members (excludes halogenated alkanes) is 3. The van der Waals surface area contributed by atoms with E-state index in [1.54, 1.807) is 0 Å². The van der Waals surface area contributed by atoms with Crippen LogP contribution in [0, 0.1) is 0 Å². The van der Waals surface area contributed by atoms with Gasteiger partial charge in [-0.05, 0) is 19.3 Å². The summed E-state index contributed by atoms with van der Waals surface area (Å²) in [5.41, 5.74) is 0. The Hall–Kier alpha value is -0.248. The van der Waals surface area contributed by atoms with Crippen molar-refractivity contribution in [1.82, 2.24) is 0 Å². The van der Waals surface area contributed by atoms with Crippen LogP contribution in [0.4, 0.5) is 0 Å². The summed E-state index contributed by atoms with van der Waals surface area (Å²) in [6.45, 7) is 6.71. The quantitative estimate of drug-likeness (QED) is 0.483. The lowest BCUT2D eigenvalue weighted by Gasteiger charge is -1.95. The van der Waals surface area contributed by atoms with Crippen LogP contribution in [0.15, 0.2) is 33.0 Å². The molecule has 1 heteroatoms. The number of hydrogen-bond acceptors (Lipinski definition) is 0. The van der Waals surface area contributed by atoms with E-state index >= 15 is 0 Å². The van der Waals surface area contributed by atoms with E-state index in [9.17, 15) is 0 Å². The van der Waals surface area contributed by atoms with Gasteiger partial charge in [-0.15, -0.1) is 33.0 Å². The third-order valence-corrected chi connectivity index (χ3v) is 4.59. The Bertz CT molecular complexity index is 175. The minimum absolute atomic E-state index is 0.870. The Labute approximate surface area is 107 Å². The van der Waals surface area contributed by atoms with Crippen molar-refractivity contribution in [1.29, 1.82) is 0 Å². The van der Waals surface area contributed by atoms with Gasteiger partial charge in [0.15, 0.2) is 0 Å². The van der Waals surface area contributed by atoms with Crippen molar-refractivity contribution >= 4 is 14.1 Å². The molecule has 0 spiro atoms. The zero-order chi connectivity index (χ0) is 12.1. The Morgan fingerprint density at radius 3 is 1.19 bits per heavy atom. The predicted molar refractivity (Wildman–Crippen MR) is 77.9 cm³/mol. The molecule has 0 aromatic rings. The average Bonchev–Trinajstić information content (AvgIpc) is 2.29. The van der Waals surface area contributed by atoms with Crippen LogP contribution in [-0.2, 0) is 0 Å². The van der Waals surface area contributed by atoms with E-state index in [0.29, 0.717) is 0 Å². The van der Waals surface area contributed by atoms with E-state index in [1.807, 2.05) is 0 Å². The molecule has 0 N–H and O–H groups in total. The molecule has 0 aromatic heterocycles. The van der Waals surface area contributed by atoms with Gasteiger partial charge >= 0.3 is 14.1 Å². The summed E-state index contributed by atoms with van der Waals surface area (Å²) < 4.78 is 0. The molecule has 16 heavy (non-hydrogen) atoms. The van der Waals surface area contributed by atoms with Crippen molar-refractivity contribution in [3.05, 3.63) is 33.0 Å². The molecule has 0 saturated heterocycles. The van der Waals surface area contributed by atoms with Crippen molar-refractivity contribution in [3.8, 4) is 0 Å². The third kappa shape index (κ3) is 10.3. The summed E-state index contributed by atoms with van der Waals surface area (Å²) in [7, 11) is 0. The molecule has 0 radical (unpaired) electrons. The van der Waals surface area contributed by atoms with Gasteiger partial charge in [-0.3, -0.25) is 0 Å². The normalized spacial score (nSPS) is 12.2. The van der Waals surface area contributed by atoms with Crippen molar-refractivity contribution in [3.63, 3.8) is 0 Å². The summed E-state index contributed by atoms with van der Waals surface area (Å²) >= 11 is -0.870. The van der Waals surface area contributed by atoms with Crippen molar-refractivity contribution < 1.29 is 0 Å². The summed E-state index contributed by atoms with van der Waals surface area (Å²) in [4.78, 5) is 7.38. The standard InChI is InChI=1S/3C5H9.Al/c3*1-3-5-4-2;/h3*1,3H,4-5H2,2H3;. The maximum Gasteiger partial charge on any atom is 0.358 e. The van der Waals surface area contributed by atoms with Crippen molar-refractivity contribution in [2.45, 2.75) is 59.3 Å². The Morgan fingerprint density at radius 1 is 0.625 bits per heavy atom. The lowest BCUT2D eigenvalue weighted by molar-refractivity contribution is 0.957. The summed E-state index contributed by atoms with van der Waals surface area (Å²) in [6, 6.07) is 0. The van der Waals surface area contributed by atoms with Crippen LogP contribution >= 0.6 is 0 Å². The SMILES string of the molecule is CCCC=[CH][Al]([CH]=CCCC)[CH]=CCCC. The fourth-order valence-electron chi connectivity index (χ4n) is 1.45. The molecule has 0 aliphatic carbocycles. The third-order valence-electron chi connectivity index (χ3n) is 2.44. The number of rotatable bonds is 9. The van der Waals surface area contributed by atoms with Crippen LogP contribution in [-0.4, -0.2) is 14.1 Å². The molecular weight excluding hydrogens is 207 g/mol. The molecule has 0 aliphatic heterocycles. The van der Waals surface area contributed by atoms with E-state index in [0.717, 1.165) is 0 Å². The lowest BCUT2D eigenvalue weighted by atomic mass is 10.3. The fraction of sp³-hybridized carbons (Fsp3) is 0.600. The fourth-order valence-corrected chi connectivity index (χ4v) is 3.36. The molecule has 90 valence electrons. The summed E-state index contributed by atoms with van der Waals surface area (Å²) in [6.07, 6.45) is 14.6. The molecule has 0 aliphatic rings. The highest BCUT2D eigenvalue weighted by Crippen LogP contribution is 1.99. The van der Waals surface area contributed by atoms with E-state index in [4.69, 9.17) is 0 Å². The van der Waals surface area contributed by atoms with Crippen LogP contribution in [0.3, 0.4) is 0 Å². The molecule has 0 rings (SSSR count). The molecule has 0 unspecified atom stereocenters. The van der Waals surface area contributed by atoms with E-state index in [-0.39, 0.29) is 0 Å². The molecule has 0 bridgehead atoms. The first-order valence-electron chi connectivity index (χ1n) is 6.85. The van der Waals surface area contributed by atoms with Crippen LogP contribution in [0.5, 0.6) is 0 Å². The second-order valence-corrected chi connectivity index (χ2v) is 6.54. The Balaban J connectivity index is 4.14. The smallest absolute Gasteiger partial charge is 0.140 e. The van der Waals surface area contributed by atoms with Crippen LogP contribution in [0.2, 0.25) is 0 Å². The second kappa shape index (κ2) is 12.8. The monoisotopic (exact) mass is 234 g/mol. The molecule has 0 aromatic carbocycles. The zero-order valence-corrected chi connectivity index (χ0v) is 12.4. The van der Waals surface area contributed by atoms with Gasteiger partial charge in [0.25, 0.3) is 0 Å². The number of hydrogen-bond donors (Lipinski definition) is 0. The topological polar surface area (TPSA) is 0 Å². The van der Waals surface area contributed by atoms with Gasteiger partial charge in [0, 0.05) is 0 Å². The van der Waals surface area contributed by atoms with Gasteiger partial charge in [0.2, 0.25) is 0 Å². The maximum absolute atomic E-state index is 2.46. The first kappa shape index (κ1) is 15.8. The van der Waals surface area contributed by atoms with Gasteiger partial charge in [0.1, 0.15) is 0 Å².